The number of nitrogens with zero attached hydrogens (tertiary/aromatic N) is 4. The second-order valence-corrected chi connectivity index (χ2v) is 14.4. The molecule has 1 aromatic carbocycles. The lowest BCUT2D eigenvalue weighted by Crippen LogP contribution is -2.47. The Labute approximate surface area is 289 Å². The molecule has 4 heterocycles. The first kappa shape index (κ1) is 35.6. The van der Waals surface area contributed by atoms with Crippen LogP contribution in [0.4, 0.5) is 0 Å². The number of ether oxygens (including phenoxy) is 1. The van der Waals surface area contributed by atoms with E-state index in [1.165, 1.54) is 22.7 Å². The Balaban J connectivity index is 1.40. The van der Waals surface area contributed by atoms with Crippen molar-refractivity contribution in [3.8, 4) is 0 Å². The monoisotopic (exact) mass is 695 g/mol. The Morgan fingerprint density at radius 1 is 0.958 bits per heavy atom. The molecule has 2 aromatic heterocycles. The molecule has 1 saturated heterocycles. The summed E-state index contributed by atoms with van der Waals surface area (Å²) in [4.78, 5) is 67.2. The Morgan fingerprint density at radius 3 is 2.35 bits per heavy atom. The molecule has 48 heavy (non-hydrogen) atoms. The predicted molar refractivity (Wildman–Crippen MR) is 185 cm³/mol. The highest BCUT2D eigenvalue weighted by atomic mass is 32.1. The molecule has 0 spiro atoms. The molecule has 0 unspecified atom stereocenters. The van der Waals surface area contributed by atoms with Gasteiger partial charge in [-0.1, -0.05) is 44.2 Å². The summed E-state index contributed by atoms with van der Waals surface area (Å²) in [6.45, 7) is 7.54. The lowest BCUT2D eigenvalue weighted by molar-refractivity contribution is -0.141. The summed E-state index contributed by atoms with van der Waals surface area (Å²) < 4.78 is 5.21. The Hall–Kier alpha value is -3.72. The maximum Gasteiger partial charge on any atom is 0.271 e. The van der Waals surface area contributed by atoms with E-state index in [-0.39, 0.29) is 53.4 Å². The van der Waals surface area contributed by atoms with Gasteiger partial charge in [-0.25, -0.2) is 9.97 Å². The fourth-order valence-corrected chi connectivity index (χ4v) is 7.86. The second kappa shape index (κ2) is 17.1. The fraction of sp³-hybridized carbons (Fsp3) is 0.529. The van der Waals surface area contributed by atoms with Crippen LogP contribution in [-0.2, 0) is 20.7 Å². The number of fused-ring (bicyclic) bond motifs is 4. The average Bonchev–Trinajstić information content (AvgIpc) is 3.78. The average molecular weight is 696 g/mol. The van der Waals surface area contributed by atoms with E-state index in [0.29, 0.717) is 55.4 Å². The van der Waals surface area contributed by atoms with Crippen molar-refractivity contribution in [3.63, 3.8) is 0 Å². The van der Waals surface area contributed by atoms with Gasteiger partial charge >= 0.3 is 0 Å². The van der Waals surface area contributed by atoms with E-state index in [4.69, 9.17) is 4.74 Å². The third kappa shape index (κ3) is 9.46. The first-order chi connectivity index (χ1) is 23.2. The van der Waals surface area contributed by atoms with Gasteiger partial charge in [-0.05, 0) is 50.3 Å². The van der Waals surface area contributed by atoms with Crippen LogP contribution in [0.25, 0.3) is 0 Å². The highest BCUT2D eigenvalue weighted by Crippen LogP contribution is 2.27. The summed E-state index contributed by atoms with van der Waals surface area (Å²) in [5.74, 6) is -1.21. The molecule has 12 nitrogen and oxygen atoms in total. The van der Waals surface area contributed by atoms with Crippen LogP contribution in [0.5, 0.6) is 0 Å². The maximum atomic E-state index is 13.9. The Bertz CT molecular complexity index is 1540. The van der Waals surface area contributed by atoms with E-state index in [1.807, 2.05) is 44.2 Å². The van der Waals surface area contributed by atoms with Gasteiger partial charge in [0.1, 0.15) is 21.4 Å². The molecule has 2 atom stereocenters. The number of amides is 4. The molecule has 4 bridgehead atoms. The van der Waals surface area contributed by atoms with Gasteiger partial charge in [-0.15, -0.1) is 22.7 Å². The van der Waals surface area contributed by atoms with Crippen molar-refractivity contribution in [1.82, 2.24) is 35.7 Å². The molecule has 0 saturated carbocycles. The van der Waals surface area contributed by atoms with Crippen molar-refractivity contribution >= 4 is 46.3 Å². The number of likely N-dealkylation sites (tertiary alicyclic amines) is 1. The number of nitrogens with one attached hydrogen (secondary N) is 3. The van der Waals surface area contributed by atoms with Crippen LogP contribution in [0.15, 0.2) is 41.1 Å². The molecule has 258 valence electrons. The lowest BCUT2D eigenvalue weighted by Gasteiger charge is -2.34. The number of methoxy groups -OCH3 is 1. The van der Waals surface area contributed by atoms with Gasteiger partial charge in [-0.2, -0.15) is 0 Å². The standard InChI is InChI=1S/C34H45N7O5S2/c1-22(2)29-33-38-26(20-48-33)30(43)35-12-7-13-41(34(45)24-10-14-40(15-11-24)16-17-46-3)19-28(42)36-25(18-23-8-5-4-6-9-23)32-37-27(21-47-32)31(44)39-29/h4-6,8-9,20-22,24-25,29H,7,10-19H2,1-3H3,(H,35,43)(H,36,42)(H,39,44)/t25-,29-/m0/s1. The molecular weight excluding hydrogens is 651 g/mol. The van der Waals surface area contributed by atoms with Crippen molar-refractivity contribution in [2.75, 3.05) is 53.0 Å². The zero-order chi connectivity index (χ0) is 34.0. The number of carbonyl (C=O) groups is 4. The highest BCUT2D eigenvalue weighted by molar-refractivity contribution is 7.10. The Kier molecular flexibility index (Phi) is 12.7. The number of aromatic nitrogens is 2. The molecule has 3 N–H and O–H groups in total. The highest BCUT2D eigenvalue weighted by Gasteiger charge is 2.31. The summed E-state index contributed by atoms with van der Waals surface area (Å²) in [6, 6.07) is 8.87. The molecule has 14 heteroatoms. The van der Waals surface area contributed by atoms with Gasteiger partial charge in [0.25, 0.3) is 11.8 Å². The fourth-order valence-electron chi connectivity index (χ4n) is 5.99. The van der Waals surface area contributed by atoms with Gasteiger partial charge in [0, 0.05) is 43.4 Å². The number of rotatable bonds is 7. The van der Waals surface area contributed by atoms with Crippen molar-refractivity contribution in [2.45, 2.75) is 51.6 Å². The van der Waals surface area contributed by atoms with E-state index >= 15 is 0 Å². The van der Waals surface area contributed by atoms with E-state index in [2.05, 4.69) is 30.8 Å². The summed E-state index contributed by atoms with van der Waals surface area (Å²) >= 11 is 2.64. The molecule has 5 rings (SSSR count). The molecule has 2 aliphatic rings. The molecule has 0 radical (unpaired) electrons. The van der Waals surface area contributed by atoms with Crippen LogP contribution in [0.1, 0.15) is 81.7 Å². The van der Waals surface area contributed by atoms with Crippen molar-refractivity contribution in [2.24, 2.45) is 11.8 Å². The van der Waals surface area contributed by atoms with Gasteiger partial charge < -0.3 is 30.5 Å². The third-order valence-electron chi connectivity index (χ3n) is 8.73. The zero-order valence-electron chi connectivity index (χ0n) is 27.8. The molecule has 2 aliphatic heterocycles. The van der Waals surface area contributed by atoms with Crippen LogP contribution in [-0.4, -0.2) is 96.4 Å². The van der Waals surface area contributed by atoms with Gasteiger partial charge in [0.2, 0.25) is 11.8 Å². The van der Waals surface area contributed by atoms with E-state index < -0.39 is 12.1 Å². The minimum atomic E-state index is -0.504. The number of thiazole rings is 2. The van der Waals surface area contributed by atoms with Gasteiger partial charge in [-0.3, -0.25) is 19.2 Å². The topological polar surface area (TPSA) is 146 Å². The van der Waals surface area contributed by atoms with Crippen LogP contribution < -0.4 is 16.0 Å². The molecule has 3 aromatic rings. The minimum Gasteiger partial charge on any atom is -0.383 e. The van der Waals surface area contributed by atoms with Crippen molar-refractivity contribution in [1.29, 1.82) is 0 Å². The largest absolute Gasteiger partial charge is 0.383 e. The summed E-state index contributed by atoms with van der Waals surface area (Å²) in [7, 11) is 1.68. The number of carbonyl (C=O) groups excluding carboxylic acids is 4. The van der Waals surface area contributed by atoms with Gasteiger partial charge in [0.05, 0.1) is 25.2 Å². The quantitative estimate of drug-likeness (QED) is 0.341. The van der Waals surface area contributed by atoms with E-state index in [0.717, 1.165) is 25.2 Å². The molecular formula is C34H45N7O5S2. The normalized spacial score (nSPS) is 20.8. The third-order valence-corrected chi connectivity index (χ3v) is 10.6. The van der Waals surface area contributed by atoms with Gasteiger partial charge in [0.15, 0.2) is 0 Å². The molecule has 1 fully saturated rings. The van der Waals surface area contributed by atoms with Crippen molar-refractivity contribution < 1.29 is 23.9 Å². The van der Waals surface area contributed by atoms with Crippen molar-refractivity contribution in [3.05, 3.63) is 68.1 Å². The summed E-state index contributed by atoms with van der Waals surface area (Å²) in [5, 5.41) is 13.7. The van der Waals surface area contributed by atoms with E-state index in [9.17, 15) is 19.2 Å². The molecule has 0 aliphatic carbocycles. The number of hydrogen-bond donors (Lipinski definition) is 3. The van der Waals surface area contributed by atoms with Crippen LogP contribution in [0.3, 0.4) is 0 Å². The zero-order valence-corrected chi connectivity index (χ0v) is 29.4. The Morgan fingerprint density at radius 2 is 1.65 bits per heavy atom. The van der Waals surface area contributed by atoms with Crippen LogP contribution >= 0.6 is 22.7 Å². The molecule has 4 amide bonds. The number of hydrogen-bond acceptors (Lipinski definition) is 10. The van der Waals surface area contributed by atoms with E-state index in [1.54, 1.807) is 22.8 Å². The second-order valence-electron chi connectivity index (χ2n) is 12.6. The number of benzene rings is 1. The first-order valence-electron chi connectivity index (χ1n) is 16.5. The minimum absolute atomic E-state index is 0.00876. The smallest absolute Gasteiger partial charge is 0.271 e. The SMILES string of the molecule is COCCN1CCC(C(=O)N2CCCNC(=O)c3csc(n3)[C@H](C(C)C)NC(=O)c3csc(n3)[C@H](Cc3ccccc3)NC(=O)C2)CC1. The lowest BCUT2D eigenvalue weighted by atomic mass is 9.95. The summed E-state index contributed by atoms with van der Waals surface area (Å²) in [6.07, 6.45) is 2.36. The number of piperidine rings is 1. The van der Waals surface area contributed by atoms with Crippen LogP contribution in [0, 0.1) is 11.8 Å². The maximum absolute atomic E-state index is 13.9. The first-order valence-corrected chi connectivity index (χ1v) is 18.3. The predicted octanol–water partition coefficient (Wildman–Crippen LogP) is 3.45. The summed E-state index contributed by atoms with van der Waals surface area (Å²) in [5.41, 5.74) is 1.53. The van der Waals surface area contributed by atoms with Crippen LogP contribution in [0.2, 0.25) is 0 Å².